The number of benzene rings is 2. The van der Waals surface area contributed by atoms with E-state index in [1.807, 2.05) is 41.3 Å². The molecule has 4 rings (SSSR count). The SMILES string of the molecule is CC(C)(N)C(=O)N[C@H](CCCc1ccccc1)C(=O)N1CCC2(CC1)CC(O)c1ccccc12.Cl. The second kappa shape index (κ2) is 11.1. The van der Waals surface area contributed by atoms with Crippen LogP contribution in [0.2, 0.25) is 0 Å². The number of nitrogens with two attached hydrogens (primary N) is 1. The van der Waals surface area contributed by atoms with E-state index in [-0.39, 0.29) is 29.6 Å². The molecule has 35 heavy (non-hydrogen) atoms. The Morgan fingerprint density at radius 1 is 1.11 bits per heavy atom. The van der Waals surface area contributed by atoms with Crippen molar-refractivity contribution in [3.8, 4) is 0 Å². The Kier molecular flexibility index (Phi) is 8.63. The summed E-state index contributed by atoms with van der Waals surface area (Å²) in [5.74, 6) is -0.348. The number of aliphatic hydroxyl groups is 1. The number of likely N-dealkylation sites (tertiary alicyclic amines) is 1. The predicted octanol–water partition coefficient (Wildman–Crippen LogP) is 3.65. The maximum Gasteiger partial charge on any atom is 0.245 e. The standard InChI is InChI=1S/C28H37N3O3.ClH/c1-27(2,29)26(34)30-23(14-8-11-20-9-4-3-5-10-20)25(33)31-17-15-28(16-18-31)19-24(32)21-12-6-7-13-22(21)28;/h3-7,9-10,12-13,23-24,32H,8,11,14-19,29H2,1-2H3,(H,30,34);1H/t23-,24?;/m1./s1. The first kappa shape index (κ1) is 27.2. The van der Waals surface area contributed by atoms with Crippen LogP contribution in [0.3, 0.4) is 0 Å². The summed E-state index contributed by atoms with van der Waals surface area (Å²) < 4.78 is 0. The molecular formula is C28H38ClN3O3. The number of hydrogen-bond acceptors (Lipinski definition) is 4. The summed E-state index contributed by atoms with van der Waals surface area (Å²) in [7, 11) is 0. The molecule has 2 atom stereocenters. The summed E-state index contributed by atoms with van der Waals surface area (Å²) >= 11 is 0. The summed E-state index contributed by atoms with van der Waals surface area (Å²) in [6, 6.07) is 17.7. The third kappa shape index (κ3) is 6.05. The second-order valence-electron chi connectivity index (χ2n) is 10.5. The molecule has 2 aromatic rings. The molecule has 1 aliphatic heterocycles. The van der Waals surface area contributed by atoms with Gasteiger partial charge in [0.25, 0.3) is 0 Å². The van der Waals surface area contributed by atoms with E-state index in [2.05, 4.69) is 23.5 Å². The summed E-state index contributed by atoms with van der Waals surface area (Å²) in [5.41, 5.74) is 8.36. The lowest BCUT2D eigenvalue weighted by Crippen LogP contribution is -2.57. The fourth-order valence-corrected chi connectivity index (χ4v) is 5.47. The van der Waals surface area contributed by atoms with Crippen molar-refractivity contribution < 1.29 is 14.7 Å². The lowest BCUT2D eigenvalue weighted by molar-refractivity contribution is -0.139. The highest BCUT2D eigenvalue weighted by Gasteiger charge is 2.46. The van der Waals surface area contributed by atoms with Crippen molar-refractivity contribution in [2.24, 2.45) is 5.73 Å². The smallest absolute Gasteiger partial charge is 0.245 e. The Bertz CT molecular complexity index is 1010. The average Bonchev–Trinajstić information content (AvgIpc) is 3.10. The molecule has 4 N–H and O–H groups in total. The Balaban J connectivity index is 0.00000342. The van der Waals surface area contributed by atoms with Gasteiger partial charge in [0.05, 0.1) is 11.6 Å². The van der Waals surface area contributed by atoms with Crippen molar-refractivity contribution in [3.05, 3.63) is 71.3 Å². The highest BCUT2D eigenvalue weighted by molar-refractivity contribution is 5.91. The van der Waals surface area contributed by atoms with Crippen LogP contribution in [0.5, 0.6) is 0 Å². The molecule has 0 radical (unpaired) electrons. The quantitative estimate of drug-likeness (QED) is 0.541. The second-order valence-corrected chi connectivity index (χ2v) is 10.5. The van der Waals surface area contributed by atoms with Crippen LogP contribution in [0.1, 0.15) is 68.7 Å². The van der Waals surface area contributed by atoms with Gasteiger partial charge in [-0.3, -0.25) is 9.59 Å². The lowest BCUT2D eigenvalue weighted by Gasteiger charge is -2.41. The van der Waals surface area contributed by atoms with Gasteiger partial charge in [0, 0.05) is 18.5 Å². The van der Waals surface area contributed by atoms with Crippen molar-refractivity contribution in [1.29, 1.82) is 0 Å². The minimum absolute atomic E-state index is 0. The Morgan fingerprint density at radius 3 is 2.40 bits per heavy atom. The summed E-state index contributed by atoms with van der Waals surface area (Å²) in [4.78, 5) is 28.1. The van der Waals surface area contributed by atoms with Crippen molar-refractivity contribution in [3.63, 3.8) is 0 Å². The number of nitrogens with one attached hydrogen (secondary N) is 1. The molecule has 1 spiro atoms. The molecule has 190 valence electrons. The molecule has 2 amide bonds. The number of fused-ring (bicyclic) bond motifs is 2. The third-order valence-electron chi connectivity index (χ3n) is 7.50. The predicted molar refractivity (Wildman–Crippen MR) is 140 cm³/mol. The molecular weight excluding hydrogens is 462 g/mol. The van der Waals surface area contributed by atoms with E-state index in [0.29, 0.717) is 25.9 Å². The number of aryl methyl sites for hydroxylation is 1. The lowest BCUT2D eigenvalue weighted by atomic mass is 9.73. The van der Waals surface area contributed by atoms with E-state index >= 15 is 0 Å². The summed E-state index contributed by atoms with van der Waals surface area (Å²) in [5, 5.41) is 13.5. The van der Waals surface area contributed by atoms with Gasteiger partial charge in [0.15, 0.2) is 0 Å². The number of rotatable bonds is 7. The Labute approximate surface area is 214 Å². The van der Waals surface area contributed by atoms with Crippen LogP contribution in [0.25, 0.3) is 0 Å². The monoisotopic (exact) mass is 499 g/mol. The number of halogens is 1. The number of carbonyl (C=O) groups is 2. The molecule has 1 unspecified atom stereocenters. The summed E-state index contributed by atoms with van der Waals surface area (Å²) in [6.07, 6.45) is 4.13. The first-order valence-corrected chi connectivity index (χ1v) is 12.4. The maximum absolute atomic E-state index is 13.5. The van der Waals surface area contributed by atoms with E-state index in [1.165, 1.54) is 11.1 Å². The van der Waals surface area contributed by atoms with Gasteiger partial charge in [-0.25, -0.2) is 0 Å². The van der Waals surface area contributed by atoms with Crippen LogP contribution in [0.4, 0.5) is 0 Å². The normalized spacial score (nSPS) is 19.5. The van der Waals surface area contributed by atoms with Crippen molar-refractivity contribution in [2.45, 2.75) is 75.5 Å². The van der Waals surface area contributed by atoms with E-state index < -0.39 is 17.7 Å². The Morgan fingerprint density at radius 2 is 1.74 bits per heavy atom. The van der Waals surface area contributed by atoms with Gasteiger partial charge in [-0.2, -0.15) is 0 Å². The van der Waals surface area contributed by atoms with Crippen LogP contribution < -0.4 is 11.1 Å². The van der Waals surface area contributed by atoms with Crippen LogP contribution in [-0.4, -0.2) is 46.5 Å². The molecule has 6 nitrogen and oxygen atoms in total. The van der Waals surface area contributed by atoms with Crippen LogP contribution in [0, 0.1) is 0 Å². The highest BCUT2D eigenvalue weighted by atomic mass is 35.5. The number of amides is 2. The zero-order chi connectivity index (χ0) is 24.3. The highest BCUT2D eigenvalue weighted by Crippen LogP contribution is 2.50. The van der Waals surface area contributed by atoms with Gasteiger partial charge < -0.3 is 21.1 Å². The molecule has 0 aromatic heterocycles. The molecule has 1 saturated heterocycles. The molecule has 1 aliphatic carbocycles. The Hall–Kier alpha value is -2.41. The van der Waals surface area contributed by atoms with Crippen LogP contribution in [-0.2, 0) is 21.4 Å². The first-order chi connectivity index (χ1) is 16.2. The summed E-state index contributed by atoms with van der Waals surface area (Å²) in [6.45, 7) is 4.55. The number of nitrogens with zero attached hydrogens (tertiary/aromatic N) is 1. The average molecular weight is 500 g/mol. The number of piperidine rings is 1. The van der Waals surface area contributed by atoms with Gasteiger partial charge in [-0.15, -0.1) is 12.4 Å². The zero-order valence-corrected chi connectivity index (χ0v) is 21.5. The molecule has 2 aliphatic rings. The molecule has 0 bridgehead atoms. The molecule has 7 heteroatoms. The third-order valence-corrected chi connectivity index (χ3v) is 7.50. The zero-order valence-electron chi connectivity index (χ0n) is 20.7. The van der Waals surface area contributed by atoms with Crippen molar-refractivity contribution in [2.75, 3.05) is 13.1 Å². The number of carbonyl (C=O) groups excluding carboxylic acids is 2. The maximum atomic E-state index is 13.5. The van der Waals surface area contributed by atoms with Crippen molar-refractivity contribution in [1.82, 2.24) is 10.2 Å². The van der Waals surface area contributed by atoms with Crippen LogP contribution in [0.15, 0.2) is 54.6 Å². The van der Waals surface area contributed by atoms with E-state index in [9.17, 15) is 14.7 Å². The van der Waals surface area contributed by atoms with Crippen LogP contribution >= 0.6 is 12.4 Å². The van der Waals surface area contributed by atoms with Gasteiger partial charge in [0.2, 0.25) is 11.8 Å². The van der Waals surface area contributed by atoms with Gasteiger partial charge in [0.1, 0.15) is 6.04 Å². The van der Waals surface area contributed by atoms with Gasteiger partial charge in [-0.05, 0) is 69.1 Å². The number of aliphatic hydroxyl groups excluding tert-OH is 1. The first-order valence-electron chi connectivity index (χ1n) is 12.4. The van der Waals surface area contributed by atoms with Gasteiger partial charge >= 0.3 is 0 Å². The van der Waals surface area contributed by atoms with E-state index in [1.54, 1.807) is 13.8 Å². The topological polar surface area (TPSA) is 95.7 Å². The molecule has 0 saturated carbocycles. The molecule has 1 fully saturated rings. The van der Waals surface area contributed by atoms with E-state index in [4.69, 9.17) is 5.73 Å². The minimum Gasteiger partial charge on any atom is -0.388 e. The molecule has 1 heterocycles. The minimum atomic E-state index is -1.05. The van der Waals surface area contributed by atoms with Gasteiger partial charge in [-0.1, -0.05) is 54.6 Å². The molecule has 2 aromatic carbocycles. The fourth-order valence-electron chi connectivity index (χ4n) is 5.47. The van der Waals surface area contributed by atoms with E-state index in [0.717, 1.165) is 31.2 Å². The number of hydrogen-bond donors (Lipinski definition) is 3. The van der Waals surface area contributed by atoms with Crippen molar-refractivity contribution >= 4 is 24.2 Å². The fraction of sp³-hybridized carbons (Fsp3) is 0.500. The largest absolute Gasteiger partial charge is 0.388 e.